The molecule has 0 saturated carbocycles. The molecule has 0 fully saturated rings. The standard InChI is InChI=1S/C23H21F3O5/c1-21-18(12-15(31-21)13-22(28,20(27)29-2)23(24,25)26)30-17-11-7-6-10-16(17)19(21)14-8-4-3-5-9-14/h3-12,18-19,28H,13H2,1-2H3/t18-,19-,21+,22+/m1/s1. The van der Waals surface area contributed by atoms with Crippen LogP contribution in [0.15, 0.2) is 66.4 Å². The van der Waals surface area contributed by atoms with Gasteiger partial charge >= 0.3 is 12.1 Å². The van der Waals surface area contributed by atoms with E-state index in [9.17, 15) is 23.1 Å². The zero-order valence-corrected chi connectivity index (χ0v) is 16.8. The number of halogens is 3. The van der Waals surface area contributed by atoms with Crippen LogP contribution >= 0.6 is 0 Å². The van der Waals surface area contributed by atoms with E-state index in [1.54, 1.807) is 13.0 Å². The number of carbonyl (C=O) groups is 1. The van der Waals surface area contributed by atoms with E-state index >= 15 is 0 Å². The lowest BCUT2D eigenvalue weighted by atomic mass is 9.74. The molecule has 0 aliphatic carbocycles. The molecular formula is C23H21F3O5. The van der Waals surface area contributed by atoms with Gasteiger partial charge in [-0.2, -0.15) is 13.2 Å². The predicted molar refractivity (Wildman–Crippen MR) is 104 cm³/mol. The van der Waals surface area contributed by atoms with E-state index in [0.29, 0.717) is 5.75 Å². The third-order valence-electron chi connectivity index (χ3n) is 5.87. The fourth-order valence-corrected chi connectivity index (χ4v) is 4.32. The van der Waals surface area contributed by atoms with Crippen molar-refractivity contribution in [2.75, 3.05) is 7.11 Å². The summed E-state index contributed by atoms with van der Waals surface area (Å²) in [6, 6.07) is 16.8. The first kappa shape index (κ1) is 21.2. The Morgan fingerprint density at radius 1 is 1.13 bits per heavy atom. The van der Waals surface area contributed by atoms with Gasteiger partial charge in [0.25, 0.3) is 5.60 Å². The van der Waals surface area contributed by atoms with Crippen molar-refractivity contribution in [2.24, 2.45) is 0 Å². The molecule has 4 atom stereocenters. The van der Waals surface area contributed by atoms with Gasteiger partial charge in [0.05, 0.1) is 19.4 Å². The minimum Gasteiger partial charge on any atom is -0.487 e. The van der Waals surface area contributed by atoms with Crippen LogP contribution in [-0.4, -0.2) is 41.7 Å². The van der Waals surface area contributed by atoms with Crippen molar-refractivity contribution in [3.8, 4) is 5.75 Å². The molecule has 1 N–H and O–H groups in total. The summed E-state index contributed by atoms with van der Waals surface area (Å²) in [4.78, 5) is 11.8. The number of carbonyl (C=O) groups excluding carboxylic acids is 1. The van der Waals surface area contributed by atoms with Crippen LogP contribution in [0, 0.1) is 0 Å². The molecular weight excluding hydrogens is 413 g/mol. The number of hydrogen-bond donors (Lipinski definition) is 1. The molecule has 2 aromatic carbocycles. The number of esters is 1. The van der Waals surface area contributed by atoms with Gasteiger partial charge in [0.1, 0.15) is 11.5 Å². The number of hydrogen-bond acceptors (Lipinski definition) is 5. The molecule has 4 rings (SSSR count). The molecule has 2 aliphatic heterocycles. The van der Waals surface area contributed by atoms with Crippen LogP contribution in [0.5, 0.6) is 5.75 Å². The highest BCUT2D eigenvalue weighted by atomic mass is 19.4. The molecule has 0 saturated heterocycles. The molecule has 8 heteroatoms. The minimum absolute atomic E-state index is 0.188. The largest absolute Gasteiger partial charge is 0.487 e. The molecule has 2 heterocycles. The normalized spacial score (nSPS) is 26.5. The highest BCUT2D eigenvalue weighted by Gasteiger charge is 2.63. The summed E-state index contributed by atoms with van der Waals surface area (Å²) in [6.07, 6.45) is -5.69. The van der Waals surface area contributed by atoms with Crippen LogP contribution in [0.3, 0.4) is 0 Å². The topological polar surface area (TPSA) is 65.0 Å². The average Bonchev–Trinajstić information content (AvgIpc) is 3.05. The van der Waals surface area contributed by atoms with E-state index < -0.39 is 35.9 Å². The van der Waals surface area contributed by atoms with Gasteiger partial charge in [0, 0.05) is 5.56 Å². The van der Waals surface area contributed by atoms with Gasteiger partial charge in [0.2, 0.25) is 0 Å². The van der Waals surface area contributed by atoms with Gasteiger partial charge in [-0.05, 0) is 24.6 Å². The van der Waals surface area contributed by atoms with E-state index in [0.717, 1.165) is 18.2 Å². The zero-order valence-electron chi connectivity index (χ0n) is 16.8. The fraction of sp³-hybridized carbons (Fsp3) is 0.348. The summed E-state index contributed by atoms with van der Waals surface area (Å²) in [7, 11) is 0.787. The Labute approximate surface area is 177 Å². The van der Waals surface area contributed by atoms with Crippen molar-refractivity contribution < 1.29 is 37.3 Å². The Morgan fingerprint density at radius 2 is 1.77 bits per heavy atom. The summed E-state index contributed by atoms with van der Waals surface area (Å²) >= 11 is 0. The lowest BCUT2D eigenvalue weighted by Crippen LogP contribution is -2.53. The molecule has 0 aromatic heterocycles. The van der Waals surface area contributed by atoms with Crippen molar-refractivity contribution in [1.29, 1.82) is 0 Å². The van der Waals surface area contributed by atoms with Crippen LogP contribution in [0.4, 0.5) is 13.2 Å². The molecule has 2 aliphatic rings. The molecule has 0 amide bonds. The van der Waals surface area contributed by atoms with E-state index in [1.165, 1.54) is 6.08 Å². The van der Waals surface area contributed by atoms with Crippen molar-refractivity contribution in [1.82, 2.24) is 0 Å². The summed E-state index contributed by atoms with van der Waals surface area (Å²) < 4.78 is 57.0. The van der Waals surface area contributed by atoms with Crippen molar-refractivity contribution in [3.63, 3.8) is 0 Å². The number of benzene rings is 2. The maximum atomic E-state index is 13.6. The van der Waals surface area contributed by atoms with E-state index in [2.05, 4.69) is 4.74 Å². The van der Waals surface area contributed by atoms with Crippen molar-refractivity contribution in [3.05, 3.63) is 77.6 Å². The minimum atomic E-state index is -5.25. The molecule has 5 nitrogen and oxygen atoms in total. The Kier molecular flexibility index (Phi) is 5.00. The molecule has 2 aromatic rings. The highest BCUT2D eigenvalue weighted by Crippen LogP contribution is 2.53. The second kappa shape index (κ2) is 7.30. The van der Waals surface area contributed by atoms with Gasteiger partial charge in [-0.1, -0.05) is 48.5 Å². The van der Waals surface area contributed by atoms with Crippen LogP contribution in [0.1, 0.15) is 30.4 Å². The number of alkyl halides is 3. The Hall–Kier alpha value is -3.00. The van der Waals surface area contributed by atoms with Gasteiger partial charge in [-0.25, -0.2) is 4.79 Å². The molecule has 0 spiro atoms. The maximum absolute atomic E-state index is 13.6. The summed E-state index contributed by atoms with van der Waals surface area (Å²) in [5, 5.41) is 10.2. The smallest absolute Gasteiger partial charge is 0.428 e. The average molecular weight is 434 g/mol. The van der Waals surface area contributed by atoms with Gasteiger partial charge in [0.15, 0.2) is 11.7 Å². The first-order valence-corrected chi connectivity index (χ1v) is 9.68. The number of aliphatic hydroxyl groups is 1. The molecule has 0 radical (unpaired) electrons. The van der Waals surface area contributed by atoms with Crippen molar-refractivity contribution in [2.45, 2.75) is 42.7 Å². The number of ether oxygens (including phenoxy) is 3. The maximum Gasteiger partial charge on any atom is 0.428 e. The number of fused-ring (bicyclic) bond motifs is 2. The first-order chi connectivity index (χ1) is 14.6. The van der Waals surface area contributed by atoms with Crippen molar-refractivity contribution >= 4 is 5.97 Å². The quantitative estimate of drug-likeness (QED) is 0.734. The fourth-order valence-electron chi connectivity index (χ4n) is 4.32. The number of methoxy groups -OCH3 is 1. The number of para-hydroxylation sites is 1. The van der Waals surface area contributed by atoms with E-state index in [4.69, 9.17) is 9.47 Å². The summed E-state index contributed by atoms with van der Waals surface area (Å²) in [5.41, 5.74) is -3.08. The lowest BCUT2D eigenvalue weighted by Gasteiger charge is -2.43. The predicted octanol–water partition coefficient (Wildman–Crippen LogP) is 4.11. The van der Waals surface area contributed by atoms with Crippen LogP contribution in [0.2, 0.25) is 0 Å². The zero-order chi connectivity index (χ0) is 22.4. The lowest BCUT2D eigenvalue weighted by molar-refractivity contribution is -0.263. The highest BCUT2D eigenvalue weighted by molar-refractivity contribution is 5.80. The monoisotopic (exact) mass is 434 g/mol. The number of rotatable bonds is 4. The van der Waals surface area contributed by atoms with Gasteiger partial charge < -0.3 is 19.3 Å². The van der Waals surface area contributed by atoms with E-state index in [1.807, 2.05) is 48.5 Å². The van der Waals surface area contributed by atoms with Crippen LogP contribution in [0.25, 0.3) is 0 Å². The summed E-state index contributed by atoms with van der Waals surface area (Å²) in [5.74, 6) is -1.74. The Bertz CT molecular complexity index is 1020. The van der Waals surface area contributed by atoms with Gasteiger partial charge in [-0.3, -0.25) is 0 Å². The van der Waals surface area contributed by atoms with E-state index in [-0.39, 0.29) is 11.7 Å². The summed E-state index contributed by atoms with van der Waals surface area (Å²) in [6.45, 7) is 1.75. The van der Waals surface area contributed by atoms with Crippen LogP contribution in [-0.2, 0) is 14.3 Å². The Balaban J connectivity index is 1.74. The third-order valence-corrected chi connectivity index (χ3v) is 5.87. The van der Waals surface area contributed by atoms with Gasteiger partial charge in [-0.15, -0.1) is 0 Å². The third kappa shape index (κ3) is 3.35. The van der Waals surface area contributed by atoms with Crippen LogP contribution < -0.4 is 4.74 Å². The molecule has 0 unspecified atom stereocenters. The Morgan fingerprint density at radius 3 is 2.42 bits per heavy atom. The molecule has 0 bridgehead atoms. The second-order valence-corrected chi connectivity index (χ2v) is 7.87. The first-order valence-electron chi connectivity index (χ1n) is 9.68. The second-order valence-electron chi connectivity index (χ2n) is 7.87. The molecule has 31 heavy (non-hydrogen) atoms. The molecule has 164 valence electrons. The SMILES string of the molecule is COC(=O)[C@@](O)(CC1=C[C@H]2Oc3ccccc3[C@@H](c3ccccc3)[C@@]2(C)O1)C(F)(F)F.